The maximum atomic E-state index is 13.7. The summed E-state index contributed by atoms with van der Waals surface area (Å²) in [4.78, 5) is 4.38. The van der Waals surface area contributed by atoms with E-state index in [0.29, 0.717) is 22.1 Å². The van der Waals surface area contributed by atoms with Crippen LogP contribution in [-0.2, 0) is 6.54 Å². The first-order chi connectivity index (χ1) is 8.20. The largest absolute Gasteiger partial charge is 0.311 e. The zero-order valence-electron chi connectivity index (χ0n) is 9.34. The summed E-state index contributed by atoms with van der Waals surface area (Å²) in [5.74, 6) is -0.332. The summed E-state index contributed by atoms with van der Waals surface area (Å²) >= 11 is 7.15. The Bertz CT molecular complexity index is 513. The number of nitrogens with zero attached hydrogens (tertiary/aromatic N) is 1. The molecule has 0 fully saturated rings. The van der Waals surface area contributed by atoms with E-state index in [-0.39, 0.29) is 5.82 Å². The van der Waals surface area contributed by atoms with Crippen molar-refractivity contribution in [1.82, 2.24) is 10.3 Å². The molecular formula is C12H12ClFN2S. The first-order valence-electron chi connectivity index (χ1n) is 5.31. The molecular weight excluding hydrogens is 259 g/mol. The number of nitrogens with one attached hydrogen (secondary N) is 1. The molecule has 0 saturated carbocycles. The van der Waals surface area contributed by atoms with Crippen LogP contribution in [0.4, 0.5) is 4.39 Å². The molecule has 0 amide bonds. The van der Waals surface area contributed by atoms with Crippen LogP contribution in [0.25, 0.3) is 10.6 Å². The molecule has 17 heavy (non-hydrogen) atoms. The SMILES string of the molecule is CCNCc1csc(-c2ccc(Cl)cc2F)n1. The van der Waals surface area contributed by atoms with E-state index in [1.807, 2.05) is 12.3 Å². The average molecular weight is 271 g/mol. The number of hydrogen-bond donors (Lipinski definition) is 1. The Morgan fingerprint density at radius 3 is 3.00 bits per heavy atom. The van der Waals surface area contributed by atoms with Gasteiger partial charge in [0.2, 0.25) is 0 Å². The molecule has 0 saturated heterocycles. The molecule has 1 aromatic carbocycles. The Balaban J connectivity index is 2.24. The van der Waals surface area contributed by atoms with Crippen LogP contribution >= 0.6 is 22.9 Å². The highest BCUT2D eigenvalue weighted by Gasteiger charge is 2.09. The third-order valence-electron chi connectivity index (χ3n) is 2.27. The minimum atomic E-state index is -0.332. The molecule has 1 aromatic heterocycles. The van der Waals surface area contributed by atoms with Gasteiger partial charge in [-0.25, -0.2) is 9.37 Å². The van der Waals surface area contributed by atoms with Gasteiger partial charge in [0.15, 0.2) is 0 Å². The second-order valence-electron chi connectivity index (χ2n) is 3.55. The van der Waals surface area contributed by atoms with Crippen molar-refractivity contribution in [2.75, 3.05) is 6.54 Å². The molecule has 2 aromatic rings. The predicted octanol–water partition coefficient (Wildman–Crippen LogP) is 3.71. The molecule has 2 nitrogen and oxygen atoms in total. The van der Waals surface area contributed by atoms with Crippen LogP contribution in [0.15, 0.2) is 23.6 Å². The van der Waals surface area contributed by atoms with Gasteiger partial charge in [-0.05, 0) is 24.7 Å². The summed E-state index contributed by atoms with van der Waals surface area (Å²) in [5.41, 5.74) is 1.43. The molecule has 1 N–H and O–H groups in total. The van der Waals surface area contributed by atoms with Crippen LogP contribution in [0.2, 0.25) is 5.02 Å². The first kappa shape index (κ1) is 12.5. The smallest absolute Gasteiger partial charge is 0.134 e. The van der Waals surface area contributed by atoms with E-state index < -0.39 is 0 Å². The lowest BCUT2D eigenvalue weighted by atomic mass is 10.2. The summed E-state index contributed by atoms with van der Waals surface area (Å²) in [6.07, 6.45) is 0. The van der Waals surface area contributed by atoms with Gasteiger partial charge in [-0.1, -0.05) is 18.5 Å². The number of benzene rings is 1. The van der Waals surface area contributed by atoms with Crippen molar-refractivity contribution in [2.24, 2.45) is 0 Å². The van der Waals surface area contributed by atoms with E-state index in [2.05, 4.69) is 10.3 Å². The maximum absolute atomic E-state index is 13.7. The molecule has 90 valence electrons. The van der Waals surface area contributed by atoms with Crippen molar-refractivity contribution >= 4 is 22.9 Å². The first-order valence-corrected chi connectivity index (χ1v) is 6.57. The topological polar surface area (TPSA) is 24.9 Å². The fourth-order valence-corrected chi connectivity index (χ4v) is 2.43. The van der Waals surface area contributed by atoms with E-state index in [4.69, 9.17) is 11.6 Å². The van der Waals surface area contributed by atoms with E-state index in [1.165, 1.54) is 17.4 Å². The van der Waals surface area contributed by atoms with E-state index in [1.54, 1.807) is 12.1 Å². The van der Waals surface area contributed by atoms with Gasteiger partial charge >= 0.3 is 0 Å². The molecule has 0 atom stereocenters. The highest BCUT2D eigenvalue weighted by atomic mass is 35.5. The molecule has 0 bridgehead atoms. The molecule has 0 aliphatic heterocycles. The Kier molecular flexibility index (Phi) is 4.10. The second kappa shape index (κ2) is 5.58. The number of thiazole rings is 1. The number of aromatic nitrogens is 1. The Hall–Kier alpha value is -0.970. The number of halogens is 2. The minimum absolute atomic E-state index is 0.332. The highest BCUT2D eigenvalue weighted by molar-refractivity contribution is 7.13. The van der Waals surface area contributed by atoms with Gasteiger partial charge in [0.1, 0.15) is 10.8 Å². The van der Waals surface area contributed by atoms with Gasteiger partial charge < -0.3 is 5.32 Å². The molecule has 0 radical (unpaired) electrons. The Labute approximate surface area is 108 Å². The van der Waals surface area contributed by atoms with Crippen molar-refractivity contribution in [2.45, 2.75) is 13.5 Å². The van der Waals surface area contributed by atoms with Crippen molar-refractivity contribution in [3.05, 3.63) is 40.1 Å². The lowest BCUT2D eigenvalue weighted by Gasteiger charge is -1.99. The minimum Gasteiger partial charge on any atom is -0.311 e. The lowest BCUT2D eigenvalue weighted by molar-refractivity contribution is 0.631. The summed E-state index contributed by atoms with van der Waals surface area (Å²) in [6.45, 7) is 3.64. The van der Waals surface area contributed by atoms with Crippen molar-refractivity contribution < 1.29 is 4.39 Å². The summed E-state index contributed by atoms with van der Waals surface area (Å²) in [7, 11) is 0. The van der Waals surface area contributed by atoms with Crippen LogP contribution in [0.3, 0.4) is 0 Å². The van der Waals surface area contributed by atoms with Crippen LogP contribution in [-0.4, -0.2) is 11.5 Å². The predicted molar refractivity (Wildman–Crippen MR) is 69.9 cm³/mol. The van der Waals surface area contributed by atoms with E-state index >= 15 is 0 Å². The Morgan fingerprint density at radius 1 is 1.47 bits per heavy atom. The van der Waals surface area contributed by atoms with Crippen LogP contribution in [0.1, 0.15) is 12.6 Å². The van der Waals surface area contributed by atoms with Crippen molar-refractivity contribution in [3.8, 4) is 10.6 Å². The third kappa shape index (κ3) is 3.03. The van der Waals surface area contributed by atoms with E-state index in [9.17, 15) is 4.39 Å². The van der Waals surface area contributed by atoms with E-state index in [0.717, 1.165) is 12.2 Å². The van der Waals surface area contributed by atoms with Gasteiger partial charge in [-0.2, -0.15) is 0 Å². The van der Waals surface area contributed by atoms with Gasteiger partial charge in [0.05, 0.1) is 5.69 Å². The second-order valence-corrected chi connectivity index (χ2v) is 4.84. The zero-order chi connectivity index (χ0) is 12.3. The fourth-order valence-electron chi connectivity index (χ4n) is 1.43. The van der Waals surface area contributed by atoms with Crippen LogP contribution < -0.4 is 5.32 Å². The monoisotopic (exact) mass is 270 g/mol. The molecule has 1 heterocycles. The summed E-state index contributed by atoms with van der Waals surface area (Å²) in [6, 6.07) is 4.64. The van der Waals surface area contributed by atoms with Gasteiger partial charge in [0, 0.05) is 22.5 Å². The molecule has 0 aliphatic carbocycles. The van der Waals surface area contributed by atoms with Gasteiger partial charge in [-0.3, -0.25) is 0 Å². The van der Waals surface area contributed by atoms with Crippen molar-refractivity contribution in [3.63, 3.8) is 0 Å². The van der Waals surface area contributed by atoms with Crippen LogP contribution in [0.5, 0.6) is 0 Å². The summed E-state index contributed by atoms with van der Waals surface area (Å²) < 4.78 is 13.7. The van der Waals surface area contributed by atoms with Gasteiger partial charge in [-0.15, -0.1) is 11.3 Å². The third-order valence-corrected chi connectivity index (χ3v) is 3.43. The molecule has 0 unspecified atom stereocenters. The highest BCUT2D eigenvalue weighted by Crippen LogP contribution is 2.28. The zero-order valence-corrected chi connectivity index (χ0v) is 10.9. The van der Waals surface area contributed by atoms with Gasteiger partial charge in [0.25, 0.3) is 0 Å². The molecule has 0 aliphatic rings. The standard InChI is InChI=1S/C12H12ClFN2S/c1-2-15-6-9-7-17-12(16-9)10-4-3-8(13)5-11(10)14/h3-5,7,15H,2,6H2,1H3. The van der Waals surface area contributed by atoms with Crippen molar-refractivity contribution in [1.29, 1.82) is 0 Å². The number of rotatable bonds is 4. The molecule has 0 spiro atoms. The molecule has 2 rings (SSSR count). The quantitative estimate of drug-likeness (QED) is 0.916. The van der Waals surface area contributed by atoms with Crippen LogP contribution in [0, 0.1) is 5.82 Å². The molecule has 5 heteroatoms. The normalized spacial score (nSPS) is 10.8. The maximum Gasteiger partial charge on any atom is 0.134 e. The Morgan fingerprint density at radius 2 is 2.29 bits per heavy atom. The lowest BCUT2D eigenvalue weighted by Crippen LogP contribution is -2.11. The summed E-state index contributed by atoms with van der Waals surface area (Å²) in [5, 5.41) is 6.20. The average Bonchev–Trinajstić information content (AvgIpc) is 2.75. The number of hydrogen-bond acceptors (Lipinski definition) is 3. The fraction of sp³-hybridized carbons (Fsp3) is 0.250.